The molecule has 1 fully saturated rings. The van der Waals surface area contributed by atoms with Crippen molar-refractivity contribution >= 4 is 11.3 Å². The van der Waals surface area contributed by atoms with Gasteiger partial charge >= 0.3 is 0 Å². The SMILES string of the molecule is CNCc1ccc(COC2CCCCC2C)s1. The molecule has 1 aliphatic carbocycles. The Kier molecular flexibility index (Phi) is 5.01. The lowest BCUT2D eigenvalue weighted by Gasteiger charge is -2.28. The monoisotopic (exact) mass is 253 g/mol. The van der Waals surface area contributed by atoms with Crippen molar-refractivity contribution in [1.29, 1.82) is 0 Å². The lowest BCUT2D eigenvalue weighted by molar-refractivity contribution is -0.0143. The van der Waals surface area contributed by atoms with E-state index >= 15 is 0 Å². The molecule has 1 N–H and O–H groups in total. The molecule has 1 heterocycles. The van der Waals surface area contributed by atoms with Gasteiger partial charge in [0.2, 0.25) is 0 Å². The molecule has 1 aromatic heterocycles. The molecule has 96 valence electrons. The molecule has 0 bridgehead atoms. The van der Waals surface area contributed by atoms with Crippen LogP contribution >= 0.6 is 11.3 Å². The number of nitrogens with one attached hydrogen (secondary N) is 1. The van der Waals surface area contributed by atoms with Gasteiger partial charge in [0, 0.05) is 16.3 Å². The number of rotatable bonds is 5. The van der Waals surface area contributed by atoms with Crippen LogP contribution in [0.15, 0.2) is 12.1 Å². The Balaban J connectivity index is 1.79. The van der Waals surface area contributed by atoms with E-state index in [2.05, 4.69) is 24.4 Å². The summed E-state index contributed by atoms with van der Waals surface area (Å²) in [6, 6.07) is 4.40. The van der Waals surface area contributed by atoms with Crippen molar-refractivity contribution in [3.63, 3.8) is 0 Å². The third-order valence-corrected chi connectivity index (χ3v) is 4.60. The largest absolute Gasteiger partial charge is 0.372 e. The Hall–Kier alpha value is -0.380. The molecule has 1 aromatic rings. The van der Waals surface area contributed by atoms with Crippen molar-refractivity contribution in [3.05, 3.63) is 21.9 Å². The molecule has 0 saturated heterocycles. The van der Waals surface area contributed by atoms with Gasteiger partial charge in [-0.05, 0) is 37.9 Å². The summed E-state index contributed by atoms with van der Waals surface area (Å²) >= 11 is 1.86. The average molecular weight is 253 g/mol. The fourth-order valence-electron chi connectivity index (χ4n) is 2.49. The minimum absolute atomic E-state index is 0.485. The summed E-state index contributed by atoms with van der Waals surface area (Å²) in [4.78, 5) is 2.75. The van der Waals surface area contributed by atoms with Crippen molar-refractivity contribution < 1.29 is 4.74 Å². The fourth-order valence-corrected chi connectivity index (χ4v) is 3.44. The second kappa shape index (κ2) is 6.53. The molecule has 2 unspecified atom stereocenters. The predicted octanol–water partition coefficient (Wildman–Crippen LogP) is 3.56. The second-order valence-electron chi connectivity index (χ2n) is 5.01. The van der Waals surface area contributed by atoms with Gasteiger partial charge in [0.1, 0.15) is 0 Å². The molecule has 17 heavy (non-hydrogen) atoms. The van der Waals surface area contributed by atoms with Crippen molar-refractivity contribution in [2.75, 3.05) is 7.05 Å². The van der Waals surface area contributed by atoms with Crippen LogP contribution in [0.2, 0.25) is 0 Å². The van der Waals surface area contributed by atoms with Gasteiger partial charge < -0.3 is 10.1 Å². The smallest absolute Gasteiger partial charge is 0.0813 e. The van der Waals surface area contributed by atoms with E-state index in [1.807, 2.05) is 18.4 Å². The van der Waals surface area contributed by atoms with Crippen molar-refractivity contribution in [2.45, 2.75) is 51.9 Å². The van der Waals surface area contributed by atoms with Crippen LogP contribution in [0, 0.1) is 5.92 Å². The molecule has 0 radical (unpaired) electrons. The Bertz CT molecular complexity index is 337. The highest BCUT2D eigenvalue weighted by molar-refractivity contribution is 7.11. The number of ether oxygens (including phenoxy) is 1. The summed E-state index contributed by atoms with van der Waals surface area (Å²) < 4.78 is 6.06. The number of thiophene rings is 1. The summed E-state index contributed by atoms with van der Waals surface area (Å²) in [5, 5.41) is 3.18. The lowest BCUT2D eigenvalue weighted by Crippen LogP contribution is -2.25. The van der Waals surface area contributed by atoms with E-state index in [1.165, 1.54) is 35.4 Å². The zero-order valence-corrected chi connectivity index (χ0v) is 11.7. The molecule has 3 heteroatoms. The molecular formula is C14H23NOS. The number of hydrogen-bond acceptors (Lipinski definition) is 3. The summed E-state index contributed by atoms with van der Waals surface area (Å²) in [6.45, 7) is 4.08. The first kappa shape index (κ1) is 13.1. The molecule has 2 atom stereocenters. The van der Waals surface area contributed by atoms with Crippen molar-refractivity contribution in [3.8, 4) is 0 Å². The fraction of sp³-hybridized carbons (Fsp3) is 0.714. The second-order valence-corrected chi connectivity index (χ2v) is 6.26. The Morgan fingerprint density at radius 1 is 1.29 bits per heavy atom. The first-order valence-corrected chi connectivity index (χ1v) is 7.45. The zero-order valence-electron chi connectivity index (χ0n) is 10.9. The summed E-state index contributed by atoms with van der Waals surface area (Å²) in [7, 11) is 1.99. The highest BCUT2D eigenvalue weighted by Gasteiger charge is 2.21. The Morgan fingerprint density at radius 3 is 2.82 bits per heavy atom. The molecule has 0 aromatic carbocycles. The quantitative estimate of drug-likeness (QED) is 0.866. The van der Waals surface area contributed by atoms with Crippen LogP contribution in [0.5, 0.6) is 0 Å². The topological polar surface area (TPSA) is 21.3 Å². The highest BCUT2D eigenvalue weighted by Crippen LogP contribution is 2.28. The minimum Gasteiger partial charge on any atom is -0.372 e. The lowest BCUT2D eigenvalue weighted by atomic mass is 9.88. The van der Waals surface area contributed by atoms with Gasteiger partial charge in [0.15, 0.2) is 0 Å². The van der Waals surface area contributed by atoms with Gasteiger partial charge in [-0.3, -0.25) is 0 Å². The van der Waals surface area contributed by atoms with E-state index in [0.717, 1.165) is 19.1 Å². The van der Waals surface area contributed by atoms with E-state index in [4.69, 9.17) is 4.74 Å². The minimum atomic E-state index is 0.485. The summed E-state index contributed by atoms with van der Waals surface area (Å²) in [5.74, 6) is 0.737. The van der Waals surface area contributed by atoms with Gasteiger partial charge in [-0.15, -0.1) is 11.3 Å². The predicted molar refractivity (Wildman–Crippen MR) is 73.3 cm³/mol. The van der Waals surface area contributed by atoms with E-state index in [-0.39, 0.29) is 0 Å². The third-order valence-electron chi connectivity index (χ3n) is 3.54. The van der Waals surface area contributed by atoms with Crippen LogP contribution in [0.25, 0.3) is 0 Å². The van der Waals surface area contributed by atoms with Crippen LogP contribution in [0.3, 0.4) is 0 Å². The molecule has 0 amide bonds. The molecule has 0 aliphatic heterocycles. The van der Waals surface area contributed by atoms with Crippen LogP contribution < -0.4 is 5.32 Å². The van der Waals surface area contributed by atoms with Gasteiger partial charge in [0.25, 0.3) is 0 Å². The van der Waals surface area contributed by atoms with E-state index in [9.17, 15) is 0 Å². The van der Waals surface area contributed by atoms with Gasteiger partial charge in [-0.1, -0.05) is 19.8 Å². The Labute approximate surface area is 108 Å². The third kappa shape index (κ3) is 3.80. The van der Waals surface area contributed by atoms with Crippen molar-refractivity contribution in [1.82, 2.24) is 5.32 Å². The normalized spacial score (nSPS) is 25.1. The average Bonchev–Trinajstić information content (AvgIpc) is 2.76. The molecule has 2 rings (SSSR count). The first-order chi connectivity index (χ1) is 8.29. The van der Waals surface area contributed by atoms with E-state index in [1.54, 1.807) is 0 Å². The van der Waals surface area contributed by atoms with Crippen molar-refractivity contribution in [2.24, 2.45) is 5.92 Å². The molecule has 0 spiro atoms. The standard InChI is InChI=1S/C14H23NOS/c1-11-5-3-4-6-14(11)16-10-13-8-7-12(17-13)9-15-2/h7-8,11,14-15H,3-6,9-10H2,1-2H3. The maximum Gasteiger partial charge on any atom is 0.0813 e. The maximum atomic E-state index is 6.06. The zero-order chi connectivity index (χ0) is 12.1. The molecular weight excluding hydrogens is 230 g/mol. The van der Waals surface area contributed by atoms with Gasteiger partial charge in [-0.25, -0.2) is 0 Å². The maximum absolute atomic E-state index is 6.06. The first-order valence-electron chi connectivity index (χ1n) is 6.63. The van der Waals surface area contributed by atoms with Crippen LogP contribution in [0.1, 0.15) is 42.4 Å². The molecule has 1 saturated carbocycles. The van der Waals surface area contributed by atoms with Crippen LogP contribution in [-0.2, 0) is 17.9 Å². The van der Waals surface area contributed by atoms with E-state index in [0.29, 0.717) is 6.10 Å². The summed E-state index contributed by atoms with van der Waals surface area (Å²) in [6.07, 6.45) is 5.78. The highest BCUT2D eigenvalue weighted by atomic mass is 32.1. The molecule has 1 aliphatic rings. The summed E-state index contributed by atoms with van der Waals surface area (Å²) in [5.41, 5.74) is 0. The van der Waals surface area contributed by atoms with Crippen LogP contribution in [-0.4, -0.2) is 13.2 Å². The van der Waals surface area contributed by atoms with Crippen LogP contribution in [0.4, 0.5) is 0 Å². The van der Waals surface area contributed by atoms with Gasteiger partial charge in [0.05, 0.1) is 12.7 Å². The molecule has 2 nitrogen and oxygen atoms in total. The number of hydrogen-bond donors (Lipinski definition) is 1. The van der Waals surface area contributed by atoms with E-state index < -0.39 is 0 Å². The van der Waals surface area contributed by atoms with Gasteiger partial charge in [-0.2, -0.15) is 0 Å². The Morgan fingerprint density at radius 2 is 2.06 bits per heavy atom.